The highest BCUT2D eigenvalue weighted by atomic mass is 35.5. The Labute approximate surface area is 121 Å². The van der Waals surface area contributed by atoms with Crippen LogP contribution >= 0.6 is 11.6 Å². The van der Waals surface area contributed by atoms with Crippen molar-refractivity contribution < 1.29 is 9.63 Å². The third-order valence-corrected chi connectivity index (χ3v) is 3.70. The molecule has 0 saturated carbocycles. The predicted molar refractivity (Wildman–Crippen MR) is 76.1 cm³/mol. The fourth-order valence-corrected chi connectivity index (χ4v) is 2.29. The van der Waals surface area contributed by atoms with Crippen molar-refractivity contribution in [1.29, 1.82) is 0 Å². The standard InChI is InChI=1S/C13H15ClN4O2/c1-17-4-6-18(7-5-17)13-15-12(20-16-13)9-2-3-11(19)10(14)8-9/h2-3,8,19H,4-7H2,1H3. The van der Waals surface area contributed by atoms with Crippen LogP contribution in [-0.2, 0) is 0 Å². The topological polar surface area (TPSA) is 65.6 Å². The van der Waals surface area contributed by atoms with E-state index in [-0.39, 0.29) is 10.8 Å². The molecule has 0 aliphatic carbocycles. The molecule has 20 heavy (non-hydrogen) atoms. The lowest BCUT2D eigenvalue weighted by molar-refractivity contribution is 0.309. The minimum Gasteiger partial charge on any atom is -0.506 e. The maximum absolute atomic E-state index is 9.41. The third-order valence-electron chi connectivity index (χ3n) is 3.40. The molecule has 6 nitrogen and oxygen atoms in total. The number of halogens is 1. The quantitative estimate of drug-likeness (QED) is 0.912. The van der Waals surface area contributed by atoms with Crippen LogP contribution in [0.25, 0.3) is 11.5 Å². The Bertz CT molecular complexity index is 608. The van der Waals surface area contributed by atoms with Gasteiger partial charge in [-0.25, -0.2) is 0 Å². The van der Waals surface area contributed by atoms with Gasteiger partial charge >= 0.3 is 0 Å². The highest BCUT2D eigenvalue weighted by Gasteiger charge is 2.19. The van der Waals surface area contributed by atoms with E-state index in [1.807, 2.05) is 0 Å². The molecule has 1 aliphatic rings. The van der Waals surface area contributed by atoms with Crippen LogP contribution in [0.1, 0.15) is 0 Å². The van der Waals surface area contributed by atoms with Crippen LogP contribution in [0.4, 0.5) is 5.95 Å². The summed E-state index contributed by atoms with van der Waals surface area (Å²) in [5.74, 6) is 1.03. The van der Waals surface area contributed by atoms with E-state index in [4.69, 9.17) is 16.1 Å². The molecule has 2 heterocycles. The first-order chi connectivity index (χ1) is 9.63. The van der Waals surface area contributed by atoms with Crippen LogP contribution in [0.3, 0.4) is 0 Å². The SMILES string of the molecule is CN1CCN(c2noc(-c3ccc(O)c(Cl)c3)n2)CC1. The van der Waals surface area contributed by atoms with Crippen molar-refractivity contribution in [1.82, 2.24) is 15.0 Å². The van der Waals surface area contributed by atoms with E-state index in [9.17, 15) is 5.11 Å². The van der Waals surface area contributed by atoms with Gasteiger partial charge in [-0.15, -0.1) is 0 Å². The Morgan fingerprint density at radius 3 is 2.70 bits per heavy atom. The molecule has 1 saturated heterocycles. The van der Waals surface area contributed by atoms with Crippen LogP contribution in [0, 0.1) is 0 Å². The Morgan fingerprint density at radius 1 is 1.25 bits per heavy atom. The maximum Gasteiger partial charge on any atom is 0.266 e. The second kappa shape index (κ2) is 5.30. The molecule has 0 atom stereocenters. The molecule has 3 rings (SSSR count). The number of rotatable bonds is 2. The van der Waals surface area contributed by atoms with Gasteiger partial charge in [-0.2, -0.15) is 4.98 Å². The van der Waals surface area contributed by atoms with Gasteiger partial charge in [-0.3, -0.25) is 0 Å². The van der Waals surface area contributed by atoms with E-state index >= 15 is 0 Å². The first-order valence-corrected chi connectivity index (χ1v) is 6.77. The molecule has 1 fully saturated rings. The molecule has 106 valence electrons. The normalized spacial score (nSPS) is 16.6. The number of anilines is 1. The highest BCUT2D eigenvalue weighted by molar-refractivity contribution is 6.32. The minimum absolute atomic E-state index is 0.0363. The highest BCUT2D eigenvalue weighted by Crippen LogP contribution is 2.29. The molecule has 0 bridgehead atoms. The van der Waals surface area contributed by atoms with E-state index in [1.54, 1.807) is 12.1 Å². The molecule has 0 amide bonds. The average molecular weight is 295 g/mol. The average Bonchev–Trinajstić information content (AvgIpc) is 2.92. The maximum atomic E-state index is 9.41. The van der Waals surface area contributed by atoms with Crippen molar-refractivity contribution in [2.75, 3.05) is 38.1 Å². The van der Waals surface area contributed by atoms with Crippen molar-refractivity contribution in [2.24, 2.45) is 0 Å². The fourth-order valence-electron chi connectivity index (χ4n) is 2.11. The molecule has 7 heteroatoms. The lowest BCUT2D eigenvalue weighted by Gasteiger charge is -2.31. The van der Waals surface area contributed by atoms with Gasteiger partial charge in [0.2, 0.25) is 0 Å². The number of aromatic hydroxyl groups is 1. The van der Waals surface area contributed by atoms with E-state index in [1.165, 1.54) is 6.07 Å². The van der Waals surface area contributed by atoms with Crippen molar-refractivity contribution >= 4 is 17.5 Å². The second-order valence-corrected chi connectivity index (χ2v) is 5.26. The van der Waals surface area contributed by atoms with E-state index in [0.29, 0.717) is 17.4 Å². The molecule has 1 aliphatic heterocycles. The van der Waals surface area contributed by atoms with Gasteiger partial charge in [0.15, 0.2) is 0 Å². The molecule has 0 unspecified atom stereocenters. The van der Waals surface area contributed by atoms with Crippen LogP contribution in [0.2, 0.25) is 5.02 Å². The number of piperazine rings is 1. The van der Waals surface area contributed by atoms with E-state index in [0.717, 1.165) is 26.2 Å². The van der Waals surface area contributed by atoms with Gasteiger partial charge in [0, 0.05) is 31.7 Å². The Balaban J connectivity index is 1.81. The summed E-state index contributed by atoms with van der Waals surface area (Å²) >= 11 is 5.88. The molecule has 1 N–H and O–H groups in total. The Morgan fingerprint density at radius 2 is 2.00 bits per heavy atom. The first kappa shape index (κ1) is 13.2. The molecule has 0 spiro atoms. The van der Waals surface area contributed by atoms with Gasteiger partial charge in [0.1, 0.15) is 5.75 Å². The number of likely N-dealkylation sites (N-methyl/N-ethyl adjacent to an activating group) is 1. The summed E-state index contributed by atoms with van der Waals surface area (Å²) in [7, 11) is 2.09. The first-order valence-electron chi connectivity index (χ1n) is 6.39. The molecule has 0 radical (unpaired) electrons. The summed E-state index contributed by atoms with van der Waals surface area (Å²) in [6, 6.07) is 4.82. The Kier molecular flexibility index (Phi) is 3.50. The van der Waals surface area contributed by atoms with Gasteiger partial charge < -0.3 is 19.4 Å². The summed E-state index contributed by atoms with van der Waals surface area (Å²) in [5, 5.41) is 13.7. The van der Waals surface area contributed by atoms with Gasteiger partial charge in [0.25, 0.3) is 11.8 Å². The van der Waals surface area contributed by atoms with Crippen LogP contribution in [0.15, 0.2) is 22.7 Å². The smallest absolute Gasteiger partial charge is 0.266 e. The van der Waals surface area contributed by atoms with Gasteiger partial charge in [-0.1, -0.05) is 11.6 Å². The van der Waals surface area contributed by atoms with Crippen molar-refractivity contribution in [3.63, 3.8) is 0 Å². The zero-order valence-corrected chi connectivity index (χ0v) is 11.8. The number of aromatic nitrogens is 2. The second-order valence-electron chi connectivity index (χ2n) is 4.86. The number of nitrogens with zero attached hydrogens (tertiary/aromatic N) is 4. The fraction of sp³-hybridized carbons (Fsp3) is 0.385. The van der Waals surface area contributed by atoms with Crippen LogP contribution in [0.5, 0.6) is 5.75 Å². The number of phenols is 1. The molecule has 1 aromatic heterocycles. The third kappa shape index (κ3) is 2.57. The summed E-state index contributed by atoms with van der Waals surface area (Å²) in [5.41, 5.74) is 0.695. The van der Waals surface area contributed by atoms with Crippen molar-refractivity contribution in [2.45, 2.75) is 0 Å². The van der Waals surface area contributed by atoms with Crippen LogP contribution in [-0.4, -0.2) is 53.4 Å². The summed E-state index contributed by atoms with van der Waals surface area (Å²) in [6.07, 6.45) is 0. The molecule has 1 aromatic carbocycles. The number of hydrogen-bond donors (Lipinski definition) is 1. The number of hydrogen-bond acceptors (Lipinski definition) is 6. The Hall–Kier alpha value is -1.79. The zero-order valence-electron chi connectivity index (χ0n) is 11.1. The largest absolute Gasteiger partial charge is 0.506 e. The zero-order chi connectivity index (χ0) is 14.1. The van der Waals surface area contributed by atoms with E-state index in [2.05, 4.69) is 27.0 Å². The van der Waals surface area contributed by atoms with Gasteiger partial charge in [-0.05, 0) is 30.4 Å². The predicted octanol–water partition coefficient (Wildman–Crippen LogP) is 1.85. The molecular weight excluding hydrogens is 280 g/mol. The van der Waals surface area contributed by atoms with E-state index < -0.39 is 0 Å². The van der Waals surface area contributed by atoms with Crippen LogP contribution < -0.4 is 4.90 Å². The lowest BCUT2D eigenvalue weighted by atomic mass is 10.2. The molecule has 2 aromatic rings. The summed E-state index contributed by atoms with van der Waals surface area (Å²) in [6.45, 7) is 3.72. The summed E-state index contributed by atoms with van der Waals surface area (Å²) in [4.78, 5) is 8.74. The lowest BCUT2D eigenvalue weighted by Crippen LogP contribution is -2.44. The molecular formula is C13H15ClN4O2. The van der Waals surface area contributed by atoms with Gasteiger partial charge in [0.05, 0.1) is 5.02 Å². The van der Waals surface area contributed by atoms with Crippen molar-refractivity contribution in [3.05, 3.63) is 23.2 Å². The summed E-state index contributed by atoms with van der Waals surface area (Å²) < 4.78 is 5.27. The monoisotopic (exact) mass is 294 g/mol. The number of phenolic OH excluding ortho intramolecular Hbond substituents is 1. The minimum atomic E-state index is 0.0363. The van der Waals surface area contributed by atoms with Crippen molar-refractivity contribution in [3.8, 4) is 17.2 Å². The number of benzene rings is 1.